The molecular formula is C12H18N2O4. The first kappa shape index (κ1) is 12.9. The molecule has 1 aliphatic carbocycles. The summed E-state index contributed by atoms with van der Waals surface area (Å²) in [5.41, 5.74) is 0. The van der Waals surface area contributed by atoms with Gasteiger partial charge in [-0.3, -0.25) is 4.79 Å². The summed E-state index contributed by atoms with van der Waals surface area (Å²) >= 11 is 0. The Kier molecular flexibility index (Phi) is 3.86. The normalized spacial score (nSPS) is 34.5. The maximum atomic E-state index is 11.7. The van der Waals surface area contributed by atoms with E-state index in [1.165, 1.54) is 0 Å². The van der Waals surface area contributed by atoms with Crippen LogP contribution in [0.15, 0.2) is 12.2 Å². The third-order valence-corrected chi connectivity index (χ3v) is 3.41. The van der Waals surface area contributed by atoms with E-state index in [0.29, 0.717) is 13.0 Å². The van der Waals surface area contributed by atoms with Crippen molar-refractivity contribution in [3.05, 3.63) is 12.2 Å². The van der Waals surface area contributed by atoms with Gasteiger partial charge >= 0.3 is 12.0 Å². The second-order valence-electron chi connectivity index (χ2n) is 4.76. The summed E-state index contributed by atoms with van der Waals surface area (Å²) < 4.78 is 5.35. The zero-order chi connectivity index (χ0) is 13.1. The predicted molar refractivity (Wildman–Crippen MR) is 64.2 cm³/mol. The van der Waals surface area contributed by atoms with Crippen molar-refractivity contribution in [2.24, 2.45) is 5.92 Å². The lowest BCUT2D eigenvalue weighted by atomic mass is 10.1. The molecule has 0 aromatic carbocycles. The average Bonchev–Trinajstić information content (AvgIpc) is 2.89. The maximum Gasteiger partial charge on any atom is 0.315 e. The van der Waals surface area contributed by atoms with Crippen LogP contribution in [0.3, 0.4) is 0 Å². The van der Waals surface area contributed by atoms with Crippen LogP contribution in [0.25, 0.3) is 0 Å². The number of aliphatic carboxylic acids is 1. The Morgan fingerprint density at radius 1 is 1.33 bits per heavy atom. The summed E-state index contributed by atoms with van der Waals surface area (Å²) in [5, 5.41) is 14.4. The molecule has 6 heteroatoms. The number of hydrogen-bond acceptors (Lipinski definition) is 3. The Bertz CT molecular complexity index is 369. The van der Waals surface area contributed by atoms with Gasteiger partial charge < -0.3 is 20.5 Å². The molecule has 1 saturated heterocycles. The number of ether oxygens (including phenoxy) is 1. The van der Waals surface area contributed by atoms with E-state index in [9.17, 15) is 9.59 Å². The van der Waals surface area contributed by atoms with E-state index in [-0.39, 0.29) is 24.2 Å². The zero-order valence-corrected chi connectivity index (χ0v) is 10.3. The molecule has 0 saturated carbocycles. The summed E-state index contributed by atoms with van der Waals surface area (Å²) in [4.78, 5) is 22.5. The van der Waals surface area contributed by atoms with Crippen LogP contribution in [0.2, 0.25) is 0 Å². The zero-order valence-electron chi connectivity index (χ0n) is 10.3. The lowest BCUT2D eigenvalue weighted by Crippen LogP contribution is -2.47. The van der Waals surface area contributed by atoms with Gasteiger partial charge in [-0.05, 0) is 19.8 Å². The minimum absolute atomic E-state index is 0.0293. The number of carbonyl (C=O) groups excluding carboxylic acids is 1. The average molecular weight is 254 g/mol. The second-order valence-corrected chi connectivity index (χ2v) is 4.76. The van der Waals surface area contributed by atoms with Crippen molar-refractivity contribution in [2.75, 3.05) is 6.61 Å². The second kappa shape index (κ2) is 5.39. The number of hydrogen-bond donors (Lipinski definition) is 3. The standard InChI is InChI=1S/C12H18N2O4/c1-7-10(4-5-18-7)14-12(17)13-9-3-2-8(6-9)11(15)16/h2-3,7-10H,4-6H2,1H3,(H,15,16)(H2,13,14,17). The van der Waals surface area contributed by atoms with E-state index in [1.54, 1.807) is 12.2 Å². The number of rotatable bonds is 3. The van der Waals surface area contributed by atoms with Crippen molar-refractivity contribution < 1.29 is 19.4 Å². The number of urea groups is 1. The Balaban J connectivity index is 1.75. The van der Waals surface area contributed by atoms with E-state index in [1.807, 2.05) is 6.92 Å². The predicted octanol–water partition coefficient (Wildman–Crippen LogP) is 0.492. The lowest BCUT2D eigenvalue weighted by Gasteiger charge is -2.18. The Labute approximate surface area is 105 Å². The van der Waals surface area contributed by atoms with Gasteiger partial charge in [0.1, 0.15) is 0 Å². The fourth-order valence-electron chi connectivity index (χ4n) is 2.29. The Morgan fingerprint density at radius 2 is 2.11 bits per heavy atom. The molecule has 1 heterocycles. The molecule has 4 unspecified atom stereocenters. The minimum Gasteiger partial charge on any atom is -0.481 e. The highest BCUT2D eigenvalue weighted by Crippen LogP contribution is 2.18. The van der Waals surface area contributed by atoms with Gasteiger partial charge in [0.25, 0.3) is 0 Å². The summed E-state index contributed by atoms with van der Waals surface area (Å²) in [6, 6.07) is -0.438. The number of carboxylic acids is 1. The number of amides is 2. The van der Waals surface area contributed by atoms with Crippen LogP contribution in [-0.4, -0.2) is 41.9 Å². The van der Waals surface area contributed by atoms with Crippen LogP contribution in [0.5, 0.6) is 0 Å². The molecule has 18 heavy (non-hydrogen) atoms. The molecule has 0 bridgehead atoms. The summed E-state index contributed by atoms with van der Waals surface area (Å²) in [6.07, 6.45) is 4.61. The number of carboxylic acid groups (broad SMARTS) is 1. The van der Waals surface area contributed by atoms with E-state index >= 15 is 0 Å². The first-order chi connectivity index (χ1) is 8.56. The highest BCUT2D eigenvalue weighted by atomic mass is 16.5. The van der Waals surface area contributed by atoms with Crippen molar-refractivity contribution in [2.45, 2.75) is 38.0 Å². The van der Waals surface area contributed by atoms with Crippen molar-refractivity contribution in [3.63, 3.8) is 0 Å². The minimum atomic E-state index is -0.853. The van der Waals surface area contributed by atoms with Gasteiger partial charge in [-0.2, -0.15) is 0 Å². The van der Waals surface area contributed by atoms with E-state index < -0.39 is 11.9 Å². The van der Waals surface area contributed by atoms with Gasteiger partial charge in [0.2, 0.25) is 0 Å². The van der Waals surface area contributed by atoms with E-state index in [4.69, 9.17) is 9.84 Å². The van der Waals surface area contributed by atoms with Crippen LogP contribution < -0.4 is 10.6 Å². The van der Waals surface area contributed by atoms with Crippen molar-refractivity contribution >= 4 is 12.0 Å². The third kappa shape index (κ3) is 3.01. The van der Waals surface area contributed by atoms with Gasteiger partial charge in [-0.15, -0.1) is 0 Å². The van der Waals surface area contributed by atoms with Crippen molar-refractivity contribution in [1.82, 2.24) is 10.6 Å². The maximum absolute atomic E-state index is 11.7. The third-order valence-electron chi connectivity index (χ3n) is 3.41. The molecule has 0 aromatic heterocycles. The molecule has 2 aliphatic rings. The molecule has 2 rings (SSSR count). The SMILES string of the molecule is CC1OCCC1NC(=O)NC1C=CC(C(=O)O)C1. The molecular weight excluding hydrogens is 236 g/mol. The summed E-state index contributed by atoms with van der Waals surface area (Å²) in [6.45, 7) is 2.59. The number of nitrogens with one attached hydrogen (secondary N) is 2. The molecule has 3 N–H and O–H groups in total. The van der Waals surface area contributed by atoms with Gasteiger partial charge in [0.15, 0.2) is 0 Å². The molecule has 100 valence electrons. The van der Waals surface area contributed by atoms with Crippen molar-refractivity contribution in [1.29, 1.82) is 0 Å². The fraction of sp³-hybridized carbons (Fsp3) is 0.667. The Morgan fingerprint density at radius 3 is 2.67 bits per heavy atom. The van der Waals surface area contributed by atoms with E-state index in [0.717, 1.165) is 6.42 Å². The first-order valence-electron chi connectivity index (χ1n) is 6.16. The summed E-state index contributed by atoms with van der Waals surface area (Å²) in [5.74, 6) is -1.35. The monoisotopic (exact) mass is 254 g/mol. The molecule has 0 spiro atoms. The molecule has 0 radical (unpaired) electrons. The largest absolute Gasteiger partial charge is 0.481 e. The molecule has 4 atom stereocenters. The van der Waals surface area contributed by atoms with Crippen LogP contribution >= 0.6 is 0 Å². The molecule has 2 amide bonds. The molecule has 0 aromatic rings. The van der Waals surface area contributed by atoms with Gasteiger partial charge in [-0.25, -0.2) is 4.79 Å². The van der Waals surface area contributed by atoms with Gasteiger partial charge in [0.05, 0.1) is 24.1 Å². The molecule has 6 nitrogen and oxygen atoms in total. The van der Waals surface area contributed by atoms with Crippen LogP contribution in [0, 0.1) is 5.92 Å². The number of carbonyl (C=O) groups is 2. The topological polar surface area (TPSA) is 87.7 Å². The fourth-order valence-corrected chi connectivity index (χ4v) is 2.29. The highest BCUT2D eigenvalue weighted by Gasteiger charge is 2.28. The molecule has 1 aliphatic heterocycles. The first-order valence-corrected chi connectivity index (χ1v) is 6.16. The smallest absolute Gasteiger partial charge is 0.315 e. The Hall–Kier alpha value is -1.56. The van der Waals surface area contributed by atoms with Crippen LogP contribution in [0.1, 0.15) is 19.8 Å². The lowest BCUT2D eigenvalue weighted by molar-refractivity contribution is -0.140. The summed E-state index contributed by atoms with van der Waals surface area (Å²) in [7, 11) is 0. The molecule has 1 fully saturated rings. The van der Waals surface area contributed by atoms with Crippen LogP contribution in [-0.2, 0) is 9.53 Å². The van der Waals surface area contributed by atoms with Gasteiger partial charge in [-0.1, -0.05) is 12.2 Å². The van der Waals surface area contributed by atoms with Crippen molar-refractivity contribution in [3.8, 4) is 0 Å². The van der Waals surface area contributed by atoms with E-state index in [2.05, 4.69) is 10.6 Å². The highest BCUT2D eigenvalue weighted by molar-refractivity contribution is 5.76. The van der Waals surface area contributed by atoms with Crippen LogP contribution in [0.4, 0.5) is 4.79 Å². The quantitative estimate of drug-likeness (QED) is 0.640. The van der Waals surface area contributed by atoms with Gasteiger partial charge in [0, 0.05) is 6.61 Å².